The van der Waals surface area contributed by atoms with E-state index in [1.807, 2.05) is 0 Å². The molecule has 1 rings (SSSR count). The first-order valence-corrected chi connectivity index (χ1v) is 3.20. The van der Waals surface area contributed by atoms with Crippen molar-refractivity contribution in [3.8, 4) is 0 Å². The third-order valence-corrected chi connectivity index (χ3v) is 1.71. The minimum absolute atomic E-state index is 0.250. The third-order valence-electron chi connectivity index (χ3n) is 1.71. The van der Waals surface area contributed by atoms with Crippen molar-refractivity contribution in [3.05, 3.63) is 0 Å². The van der Waals surface area contributed by atoms with Gasteiger partial charge in [-0.15, -0.1) is 0 Å². The van der Waals surface area contributed by atoms with E-state index in [0.717, 1.165) is 5.41 Å². The molecule has 0 bridgehead atoms. The van der Waals surface area contributed by atoms with Gasteiger partial charge in [0.05, 0.1) is 0 Å². The highest BCUT2D eigenvalue weighted by Crippen LogP contribution is 2.38. The van der Waals surface area contributed by atoms with Gasteiger partial charge in [-0.2, -0.15) is 0 Å². The molecule has 0 aromatic rings. The molecular weight excluding hydrogens is 116 g/mol. The van der Waals surface area contributed by atoms with Gasteiger partial charge in [0, 0.05) is 0 Å². The molecule has 0 aliphatic heterocycles. The summed E-state index contributed by atoms with van der Waals surface area (Å²) in [5.41, 5.74) is 0.722. The highest BCUT2D eigenvalue weighted by atomic mass is 16.3. The molecule has 1 aliphatic carbocycles. The smallest absolute Gasteiger partial charge is 0.290 e. The Morgan fingerprint density at radius 1 is 1.44 bits per heavy atom. The average molecular weight is 130 g/mol. The second-order valence-electron chi connectivity index (χ2n) is 3.12. The molecule has 0 heterocycles. The van der Waals surface area contributed by atoms with Crippen molar-refractivity contribution in [2.75, 3.05) is 0 Å². The van der Waals surface area contributed by atoms with Gasteiger partial charge in [-0.25, -0.2) is 0 Å². The van der Waals surface area contributed by atoms with E-state index in [-0.39, 0.29) is 6.47 Å². The minimum atomic E-state index is -0.250. The summed E-state index contributed by atoms with van der Waals surface area (Å²) < 4.78 is 0. The molecule has 54 valence electrons. The van der Waals surface area contributed by atoms with Crippen LogP contribution in [0.1, 0.15) is 33.1 Å². The van der Waals surface area contributed by atoms with Crippen LogP contribution in [0.5, 0.6) is 0 Å². The first kappa shape index (κ1) is 8.47. The SMILES string of the molecule is CC1(C)CCC1.O=CO. The number of carbonyl (C=O) groups is 1. The Hall–Kier alpha value is -0.530. The Morgan fingerprint density at radius 3 is 1.67 bits per heavy atom. The standard InChI is InChI=1S/C6H12.CH2O2/c1-6(2)4-3-5-6;2-1-3/h3-5H2,1-2H3;1H,(H,2,3). The van der Waals surface area contributed by atoms with Crippen molar-refractivity contribution in [2.45, 2.75) is 33.1 Å². The Morgan fingerprint density at radius 2 is 1.67 bits per heavy atom. The molecule has 0 aromatic carbocycles. The lowest BCUT2D eigenvalue weighted by molar-refractivity contribution is -0.122. The van der Waals surface area contributed by atoms with E-state index >= 15 is 0 Å². The van der Waals surface area contributed by atoms with E-state index in [1.165, 1.54) is 19.3 Å². The van der Waals surface area contributed by atoms with Crippen LogP contribution in [0.25, 0.3) is 0 Å². The van der Waals surface area contributed by atoms with E-state index in [4.69, 9.17) is 9.90 Å². The summed E-state index contributed by atoms with van der Waals surface area (Å²) in [5, 5.41) is 6.89. The predicted octanol–water partition coefficient (Wildman–Crippen LogP) is 1.90. The molecule has 0 saturated heterocycles. The Kier molecular flexibility index (Phi) is 3.28. The van der Waals surface area contributed by atoms with E-state index in [1.54, 1.807) is 0 Å². The normalized spacial score (nSPS) is 20.7. The Bertz CT molecular complexity index is 80.9. The lowest BCUT2D eigenvalue weighted by Gasteiger charge is -2.33. The molecule has 0 amide bonds. The fourth-order valence-corrected chi connectivity index (χ4v) is 0.884. The van der Waals surface area contributed by atoms with Crippen LogP contribution in [0.3, 0.4) is 0 Å². The third kappa shape index (κ3) is 4.01. The van der Waals surface area contributed by atoms with Crippen molar-refractivity contribution in [1.82, 2.24) is 0 Å². The monoisotopic (exact) mass is 130 g/mol. The minimum Gasteiger partial charge on any atom is -0.483 e. The van der Waals surface area contributed by atoms with Crippen molar-refractivity contribution >= 4 is 6.47 Å². The first-order valence-electron chi connectivity index (χ1n) is 3.20. The largest absolute Gasteiger partial charge is 0.483 e. The quantitative estimate of drug-likeness (QED) is 0.508. The zero-order chi connectivity index (χ0) is 7.33. The van der Waals surface area contributed by atoms with Crippen LogP contribution < -0.4 is 0 Å². The summed E-state index contributed by atoms with van der Waals surface area (Å²) >= 11 is 0. The molecule has 9 heavy (non-hydrogen) atoms. The molecule has 2 nitrogen and oxygen atoms in total. The van der Waals surface area contributed by atoms with Crippen molar-refractivity contribution in [1.29, 1.82) is 0 Å². The maximum Gasteiger partial charge on any atom is 0.290 e. The molecule has 0 aromatic heterocycles. The van der Waals surface area contributed by atoms with Gasteiger partial charge in [0.2, 0.25) is 0 Å². The summed E-state index contributed by atoms with van der Waals surface area (Å²) in [6.07, 6.45) is 4.37. The number of hydrogen-bond acceptors (Lipinski definition) is 1. The van der Waals surface area contributed by atoms with Crippen LogP contribution in [0.2, 0.25) is 0 Å². The van der Waals surface area contributed by atoms with E-state index in [0.29, 0.717) is 0 Å². The van der Waals surface area contributed by atoms with E-state index < -0.39 is 0 Å². The zero-order valence-corrected chi connectivity index (χ0v) is 6.05. The molecule has 1 N–H and O–H groups in total. The maximum atomic E-state index is 8.36. The summed E-state index contributed by atoms with van der Waals surface area (Å²) in [5.74, 6) is 0. The van der Waals surface area contributed by atoms with Gasteiger partial charge in [-0.3, -0.25) is 4.79 Å². The molecule has 2 heteroatoms. The average Bonchev–Trinajstić information content (AvgIpc) is 1.65. The second-order valence-corrected chi connectivity index (χ2v) is 3.12. The van der Waals surface area contributed by atoms with Crippen LogP contribution in [-0.2, 0) is 4.79 Å². The molecule has 1 aliphatic rings. The zero-order valence-electron chi connectivity index (χ0n) is 6.05. The molecule has 0 unspecified atom stereocenters. The topological polar surface area (TPSA) is 37.3 Å². The van der Waals surface area contributed by atoms with Gasteiger partial charge < -0.3 is 5.11 Å². The fourth-order valence-electron chi connectivity index (χ4n) is 0.884. The molecule has 0 atom stereocenters. The molecule has 0 spiro atoms. The summed E-state index contributed by atoms with van der Waals surface area (Å²) in [6, 6.07) is 0. The Balaban J connectivity index is 0.000000187. The molecule has 1 fully saturated rings. The van der Waals surface area contributed by atoms with Gasteiger partial charge in [-0.1, -0.05) is 20.3 Å². The molecular formula is C7H14O2. The van der Waals surface area contributed by atoms with Gasteiger partial charge in [-0.05, 0) is 18.3 Å². The van der Waals surface area contributed by atoms with Gasteiger partial charge in [0.1, 0.15) is 0 Å². The van der Waals surface area contributed by atoms with E-state index in [9.17, 15) is 0 Å². The van der Waals surface area contributed by atoms with Crippen LogP contribution in [0.15, 0.2) is 0 Å². The lowest BCUT2D eigenvalue weighted by Crippen LogP contribution is -2.20. The lowest BCUT2D eigenvalue weighted by atomic mass is 9.72. The number of rotatable bonds is 0. The summed E-state index contributed by atoms with van der Waals surface area (Å²) in [7, 11) is 0. The maximum absolute atomic E-state index is 8.36. The number of hydrogen-bond donors (Lipinski definition) is 1. The Labute approximate surface area is 55.9 Å². The van der Waals surface area contributed by atoms with Crippen molar-refractivity contribution in [2.24, 2.45) is 5.41 Å². The second kappa shape index (κ2) is 3.49. The van der Waals surface area contributed by atoms with Gasteiger partial charge in [0.15, 0.2) is 0 Å². The highest BCUT2D eigenvalue weighted by Gasteiger charge is 2.24. The van der Waals surface area contributed by atoms with Gasteiger partial charge in [0.25, 0.3) is 6.47 Å². The van der Waals surface area contributed by atoms with Crippen LogP contribution in [-0.4, -0.2) is 11.6 Å². The highest BCUT2D eigenvalue weighted by molar-refractivity contribution is 5.32. The van der Waals surface area contributed by atoms with Crippen molar-refractivity contribution < 1.29 is 9.90 Å². The number of carboxylic acid groups (broad SMARTS) is 1. The molecule has 0 radical (unpaired) electrons. The first-order chi connectivity index (χ1) is 4.12. The van der Waals surface area contributed by atoms with Gasteiger partial charge >= 0.3 is 0 Å². The predicted molar refractivity (Wildman–Crippen MR) is 36.3 cm³/mol. The molecule has 1 saturated carbocycles. The van der Waals surface area contributed by atoms with Crippen LogP contribution >= 0.6 is 0 Å². The van der Waals surface area contributed by atoms with Crippen LogP contribution in [0, 0.1) is 5.41 Å². The van der Waals surface area contributed by atoms with Crippen molar-refractivity contribution in [3.63, 3.8) is 0 Å². The summed E-state index contributed by atoms with van der Waals surface area (Å²) in [4.78, 5) is 8.36. The van der Waals surface area contributed by atoms with Crippen LogP contribution in [0.4, 0.5) is 0 Å². The fraction of sp³-hybridized carbons (Fsp3) is 0.857. The van der Waals surface area contributed by atoms with E-state index in [2.05, 4.69) is 13.8 Å². The summed E-state index contributed by atoms with van der Waals surface area (Å²) in [6.45, 7) is 4.41.